The standard InChI is InChI=1S/C10H19BrO2/c1-6-7(2)8(11)9(12)13-10(3,4)5/h7-8H,6H2,1-5H3/t7-,8?/m0/s1/i1+1D2,2D3,6+1D,7+1D,8+1,9+1/t6?,7-,8?. The van der Waals surface area contributed by atoms with Crippen LogP contribution in [0.15, 0.2) is 0 Å². The molecular weight excluding hydrogens is 237 g/mol. The zero-order valence-electron chi connectivity index (χ0n) is 14.9. The minimum atomic E-state index is -3.02. The average molecular weight is 263 g/mol. The summed E-state index contributed by atoms with van der Waals surface area (Å²) in [5.41, 5.74) is -0.877. The van der Waals surface area contributed by atoms with E-state index in [-0.39, 0.29) is 0 Å². The number of esters is 1. The zero-order chi connectivity index (χ0) is 16.5. The van der Waals surface area contributed by atoms with Gasteiger partial charge in [0, 0.05) is 9.60 Å². The van der Waals surface area contributed by atoms with Crippen LogP contribution in [-0.2, 0) is 9.53 Å². The maximum atomic E-state index is 11.9. The number of carbonyl (C=O) groups is 1. The van der Waals surface area contributed by atoms with E-state index in [0.29, 0.717) is 0 Å². The quantitative estimate of drug-likeness (QED) is 0.444. The SMILES string of the molecule is [2H][13CH]([2H])[13CH]([2H])[13C@@]([2H])([13CH](Br)[13C](=O)OC(C)(C)C)C([2H])([2H])[2H]. The molecule has 0 amide bonds. The molecule has 78 valence electrons. The molecule has 0 heterocycles. The summed E-state index contributed by atoms with van der Waals surface area (Å²) >= 11 is 2.81. The normalized spacial score (nSPS) is 30.4. The third-order valence-corrected chi connectivity index (χ3v) is 1.93. The highest BCUT2D eigenvalue weighted by Gasteiger charge is 2.26. The van der Waals surface area contributed by atoms with E-state index in [2.05, 4.69) is 15.9 Å². The fraction of sp³-hybridized carbons (Fsp3) is 0.900. The molecule has 3 heteroatoms. The fourth-order valence-corrected chi connectivity index (χ4v) is 0.811. The number of carbonyl (C=O) groups excluding carboxylic acids is 1. The molecule has 0 N–H and O–H groups in total. The second kappa shape index (κ2) is 4.99. The summed E-state index contributed by atoms with van der Waals surface area (Å²) in [6.45, 7) is -0.148. The maximum Gasteiger partial charge on any atom is 0.320 e. The maximum absolute atomic E-state index is 11.9. The van der Waals surface area contributed by atoms with Crippen molar-refractivity contribution in [3.63, 3.8) is 0 Å². The first-order chi connectivity index (χ1) is 8.64. The zero-order valence-corrected chi connectivity index (χ0v) is 9.51. The number of hydrogen-bond donors (Lipinski definition) is 0. The predicted molar refractivity (Wildman–Crippen MR) is 58.0 cm³/mol. The Kier molecular flexibility index (Phi) is 1.98. The molecule has 0 aromatic rings. The van der Waals surface area contributed by atoms with E-state index in [9.17, 15) is 4.79 Å². The van der Waals surface area contributed by atoms with Gasteiger partial charge in [-0.1, -0.05) is 36.1 Å². The molecule has 13 heavy (non-hydrogen) atoms. The Balaban J connectivity index is 5.52. The van der Waals surface area contributed by atoms with Crippen LogP contribution in [0.4, 0.5) is 0 Å². The molecule has 0 saturated heterocycles. The van der Waals surface area contributed by atoms with Crippen LogP contribution < -0.4 is 0 Å². The molecule has 3 atom stereocenters. The number of rotatable bonds is 3. The van der Waals surface area contributed by atoms with Gasteiger partial charge in [0.15, 0.2) is 0 Å². The van der Waals surface area contributed by atoms with Crippen LogP contribution in [0.5, 0.6) is 0 Å². The smallest absolute Gasteiger partial charge is 0.320 e. The van der Waals surface area contributed by atoms with Crippen LogP contribution in [-0.4, -0.2) is 16.4 Å². The lowest BCUT2D eigenvalue weighted by molar-refractivity contribution is -0.154. The van der Waals surface area contributed by atoms with Crippen molar-refractivity contribution < 1.29 is 19.1 Å². The van der Waals surface area contributed by atoms with Crippen LogP contribution in [0.3, 0.4) is 0 Å². The van der Waals surface area contributed by atoms with Crippen LogP contribution in [0.1, 0.15) is 50.5 Å². The van der Waals surface area contributed by atoms with Gasteiger partial charge in [0.25, 0.3) is 0 Å². The van der Waals surface area contributed by atoms with Crippen molar-refractivity contribution in [1.29, 1.82) is 0 Å². The Labute approximate surface area is 99.0 Å². The summed E-state index contributed by atoms with van der Waals surface area (Å²) in [6.07, 6.45) is -1.92. The van der Waals surface area contributed by atoms with Crippen LogP contribution >= 0.6 is 15.9 Å². The van der Waals surface area contributed by atoms with Gasteiger partial charge < -0.3 is 4.74 Å². The molecule has 0 bridgehead atoms. The van der Waals surface area contributed by atoms with Crippen molar-refractivity contribution in [2.24, 2.45) is 5.89 Å². The molecule has 2 nitrogen and oxygen atoms in total. The van der Waals surface area contributed by atoms with Gasteiger partial charge in [-0.25, -0.2) is 0 Å². The van der Waals surface area contributed by atoms with Crippen molar-refractivity contribution in [3.05, 3.63) is 0 Å². The minimum Gasteiger partial charge on any atom is -0.459 e. The van der Waals surface area contributed by atoms with Gasteiger partial charge in [-0.2, -0.15) is 0 Å². The van der Waals surface area contributed by atoms with Gasteiger partial charge in [-0.3, -0.25) is 4.79 Å². The molecule has 0 aliphatic carbocycles. The van der Waals surface area contributed by atoms with Crippen molar-refractivity contribution in [2.75, 3.05) is 0 Å². The van der Waals surface area contributed by atoms with Gasteiger partial charge >= 0.3 is 5.97 Å². The monoisotopic (exact) mass is 262 g/mol. The van der Waals surface area contributed by atoms with E-state index >= 15 is 0 Å². The summed E-state index contributed by atoms with van der Waals surface area (Å²) in [4.78, 5) is 10.3. The van der Waals surface area contributed by atoms with E-state index in [0.717, 1.165) is 0 Å². The Hall–Kier alpha value is -0.0500. The highest BCUT2D eigenvalue weighted by molar-refractivity contribution is 9.10. The first-order valence-corrected chi connectivity index (χ1v) is 4.70. The highest BCUT2D eigenvalue weighted by Crippen LogP contribution is 2.20. The number of ether oxygens (including phenoxy) is 1. The summed E-state index contributed by atoms with van der Waals surface area (Å²) < 4.78 is 57.2. The Morgan fingerprint density at radius 3 is 2.77 bits per heavy atom. The fourth-order valence-electron chi connectivity index (χ4n) is 0.565. The van der Waals surface area contributed by atoms with Crippen LogP contribution in [0.25, 0.3) is 0 Å². The third-order valence-electron chi connectivity index (χ3n) is 1.07. The summed E-state index contributed by atoms with van der Waals surface area (Å²) in [5.74, 6) is -3.65. The molecule has 0 aromatic heterocycles. The summed E-state index contributed by atoms with van der Waals surface area (Å²) in [6, 6.07) is 0. The Morgan fingerprint density at radius 2 is 2.38 bits per heavy atom. The Bertz CT molecular complexity index is 352. The molecule has 0 rings (SSSR count). The molecule has 0 aliphatic rings. The molecule has 2 unspecified atom stereocenters. The minimum absolute atomic E-state index is 0.877. The Morgan fingerprint density at radius 1 is 1.77 bits per heavy atom. The number of hydrogen-bond acceptors (Lipinski definition) is 2. The van der Waals surface area contributed by atoms with Gasteiger partial charge in [-0.05, 0) is 26.7 Å². The van der Waals surface area contributed by atoms with E-state index in [1.165, 1.54) is 0 Å². The molecule has 0 aromatic carbocycles. The number of halogens is 1. The van der Waals surface area contributed by atoms with Crippen molar-refractivity contribution >= 4 is 21.9 Å². The first kappa shape index (κ1) is 5.15. The lowest BCUT2D eigenvalue weighted by Gasteiger charge is -2.23. The van der Waals surface area contributed by atoms with Crippen molar-refractivity contribution in [1.82, 2.24) is 0 Å². The summed E-state index contributed by atoms with van der Waals surface area (Å²) in [5, 5.41) is 0. The molecular formula is C10H19BrO2. The lowest BCUT2D eigenvalue weighted by Crippen LogP contribution is -2.31. The molecule has 0 radical (unpaired) electrons. The average Bonchev–Trinajstić information content (AvgIpc) is 2.21. The number of alkyl halides is 1. The lowest BCUT2D eigenvalue weighted by atomic mass is 10.2. The molecule has 0 saturated carbocycles. The first-order valence-electron chi connectivity index (χ1n) is 7.51. The highest BCUT2D eigenvalue weighted by atomic mass is 79.9. The van der Waals surface area contributed by atoms with E-state index in [1.807, 2.05) is 0 Å². The van der Waals surface area contributed by atoms with Crippen LogP contribution in [0.2, 0.25) is 0 Å². The van der Waals surface area contributed by atoms with E-state index in [4.69, 9.17) is 14.3 Å². The third kappa shape index (κ3) is 5.29. The second-order valence-corrected chi connectivity index (χ2v) is 4.43. The van der Waals surface area contributed by atoms with Crippen LogP contribution in [0, 0.1) is 5.89 Å². The van der Waals surface area contributed by atoms with Gasteiger partial charge in [-0.15, -0.1) is 0 Å². The summed E-state index contributed by atoms with van der Waals surface area (Å²) in [7, 11) is 0. The van der Waals surface area contributed by atoms with E-state index in [1.54, 1.807) is 20.8 Å². The van der Waals surface area contributed by atoms with Gasteiger partial charge in [0.1, 0.15) is 10.4 Å². The molecule has 0 aliphatic heterocycles. The molecule has 0 fully saturated rings. The molecule has 0 spiro atoms. The van der Waals surface area contributed by atoms with E-state index < -0.39 is 42.4 Å². The van der Waals surface area contributed by atoms with Gasteiger partial charge in [0.2, 0.25) is 0 Å². The predicted octanol–water partition coefficient (Wildman–Crippen LogP) is 3.14. The topological polar surface area (TPSA) is 26.3 Å². The van der Waals surface area contributed by atoms with Crippen molar-refractivity contribution in [2.45, 2.75) is 51.3 Å². The van der Waals surface area contributed by atoms with Gasteiger partial charge in [0.05, 0.1) is 0 Å². The largest absolute Gasteiger partial charge is 0.459 e. The second-order valence-electron chi connectivity index (χ2n) is 3.52. The van der Waals surface area contributed by atoms with Crippen molar-refractivity contribution in [3.8, 4) is 0 Å².